The first kappa shape index (κ1) is 20.5. The molecule has 0 radical (unpaired) electrons. The third-order valence-electron chi connectivity index (χ3n) is 4.68. The van der Waals surface area contributed by atoms with Crippen molar-refractivity contribution in [2.45, 2.75) is 63.5 Å². The number of ether oxygens (including phenoxy) is 4. The summed E-state index contributed by atoms with van der Waals surface area (Å²) in [5.74, 6) is 0.841. The lowest BCUT2D eigenvalue weighted by molar-refractivity contribution is -0.0945. The molecule has 0 amide bonds. The minimum atomic E-state index is -0.535. The van der Waals surface area contributed by atoms with Crippen molar-refractivity contribution in [1.29, 1.82) is 0 Å². The Morgan fingerprint density at radius 2 is 1.85 bits per heavy atom. The minimum absolute atomic E-state index is 0.0857. The largest absolute Gasteiger partial charge is 0.496 e. The Hall–Kier alpha value is -1.27. The molecule has 2 aromatic carbocycles. The Balaban J connectivity index is 1.88. The van der Waals surface area contributed by atoms with Crippen molar-refractivity contribution >= 4 is 23.4 Å². The van der Waals surface area contributed by atoms with Crippen LogP contribution >= 0.6 is 12.6 Å². The molecule has 1 fully saturated rings. The summed E-state index contributed by atoms with van der Waals surface area (Å²) in [6, 6.07) is 12.5. The number of hydrogen-bond donors (Lipinski definition) is 1. The molecule has 5 heteroatoms. The maximum Gasteiger partial charge on any atom is 0.125 e. The van der Waals surface area contributed by atoms with Crippen LogP contribution in [0.15, 0.2) is 36.4 Å². The summed E-state index contributed by atoms with van der Waals surface area (Å²) >= 11 is 4.54. The molecule has 148 valence electrons. The second kappa shape index (κ2) is 8.39. The fraction of sp³-hybridized carbons (Fsp3) is 0.545. The topological polar surface area (TPSA) is 36.9 Å². The van der Waals surface area contributed by atoms with E-state index in [-0.39, 0.29) is 24.4 Å². The SMILES string of the molecule is COc1cc2ccccc2cc1[C@H]1CC(OC(C)(C)S)[C@@H](COC(C)C)O1. The standard InChI is InChI=1S/C22H30O4S/c1-14(2)24-13-21-20(26-22(3,4)27)12-19(25-21)17-10-15-8-6-7-9-16(15)11-18(17)23-5/h6-11,14,19-21,27H,12-13H2,1-5H3/t19-,20?,21-/m1/s1. The summed E-state index contributed by atoms with van der Waals surface area (Å²) in [4.78, 5) is -0.535. The van der Waals surface area contributed by atoms with Crippen LogP contribution < -0.4 is 4.74 Å². The zero-order chi connectivity index (χ0) is 19.6. The van der Waals surface area contributed by atoms with E-state index in [2.05, 4.69) is 36.9 Å². The van der Waals surface area contributed by atoms with Gasteiger partial charge in [0.1, 0.15) is 16.8 Å². The Kier molecular flexibility index (Phi) is 6.36. The molecule has 1 aliphatic rings. The number of fused-ring (bicyclic) bond motifs is 1. The van der Waals surface area contributed by atoms with Crippen LogP contribution in [-0.4, -0.2) is 37.0 Å². The molecule has 1 heterocycles. The van der Waals surface area contributed by atoms with Crippen molar-refractivity contribution in [3.8, 4) is 5.75 Å². The van der Waals surface area contributed by atoms with E-state index in [9.17, 15) is 0 Å². The smallest absolute Gasteiger partial charge is 0.125 e. The molecule has 1 aliphatic heterocycles. The van der Waals surface area contributed by atoms with E-state index < -0.39 is 4.93 Å². The van der Waals surface area contributed by atoms with E-state index in [0.717, 1.165) is 23.1 Å². The number of thiol groups is 1. The monoisotopic (exact) mass is 390 g/mol. The summed E-state index contributed by atoms with van der Waals surface area (Å²) < 4.78 is 24.0. The zero-order valence-electron chi connectivity index (χ0n) is 16.8. The van der Waals surface area contributed by atoms with E-state index in [1.807, 2.05) is 39.8 Å². The molecule has 0 N–H and O–H groups in total. The molecule has 0 saturated carbocycles. The molecule has 0 aliphatic carbocycles. The first-order valence-corrected chi connectivity index (χ1v) is 9.95. The fourth-order valence-corrected chi connectivity index (χ4v) is 3.65. The molecule has 0 spiro atoms. The second-order valence-electron chi connectivity index (χ2n) is 7.83. The van der Waals surface area contributed by atoms with E-state index in [0.29, 0.717) is 6.61 Å². The number of hydrogen-bond acceptors (Lipinski definition) is 5. The van der Waals surface area contributed by atoms with Crippen LogP contribution in [-0.2, 0) is 14.2 Å². The van der Waals surface area contributed by atoms with Gasteiger partial charge >= 0.3 is 0 Å². The second-order valence-corrected chi connectivity index (χ2v) is 8.90. The molecule has 3 atom stereocenters. The lowest BCUT2D eigenvalue weighted by atomic mass is 9.99. The van der Waals surface area contributed by atoms with Gasteiger partial charge in [-0.15, -0.1) is 12.6 Å². The number of benzene rings is 2. The molecule has 1 unspecified atom stereocenters. The number of methoxy groups -OCH3 is 1. The van der Waals surface area contributed by atoms with Gasteiger partial charge in [0.2, 0.25) is 0 Å². The fourth-order valence-electron chi connectivity index (χ4n) is 3.51. The first-order valence-electron chi connectivity index (χ1n) is 9.51. The Morgan fingerprint density at radius 1 is 1.19 bits per heavy atom. The van der Waals surface area contributed by atoms with Crippen LogP contribution in [0.3, 0.4) is 0 Å². The maximum absolute atomic E-state index is 6.38. The Bertz CT molecular complexity index is 768. The van der Waals surface area contributed by atoms with Gasteiger partial charge in [-0.2, -0.15) is 0 Å². The van der Waals surface area contributed by atoms with Gasteiger partial charge in [-0.1, -0.05) is 24.3 Å². The highest BCUT2D eigenvalue weighted by atomic mass is 32.1. The van der Waals surface area contributed by atoms with Crippen LogP contribution in [0, 0.1) is 0 Å². The summed E-state index contributed by atoms with van der Waals surface area (Å²) in [6.07, 6.45) is 0.557. The van der Waals surface area contributed by atoms with Gasteiger partial charge in [0, 0.05) is 12.0 Å². The minimum Gasteiger partial charge on any atom is -0.496 e. The van der Waals surface area contributed by atoms with E-state index in [4.69, 9.17) is 18.9 Å². The lowest BCUT2D eigenvalue weighted by Gasteiger charge is -2.27. The van der Waals surface area contributed by atoms with Crippen molar-refractivity contribution < 1.29 is 18.9 Å². The van der Waals surface area contributed by atoms with Gasteiger partial charge in [-0.05, 0) is 50.6 Å². The van der Waals surface area contributed by atoms with E-state index >= 15 is 0 Å². The van der Waals surface area contributed by atoms with Crippen molar-refractivity contribution in [2.75, 3.05) is 13.7 Å². The lowest BCUT2D eigenvalue weighted by Crippen LogP contribution is -2.35. The van der Waals surface area contributed by atoms with Crippen LogP contribution in [0.4, 0.5) is 0 Å². The third-order valence-corrected chi connectivity index (χ3v) is 4.78. The summed E-state index contributed by atoms with van der Waals surface area (Å²) in [7, 11) is 1.70. The van der Waals surface area contributed by atoms with Gasteiger partial charge in [-0.25, -0.2) is 0 Å². The van der Waals surface area contributed by atoms with E-state index in [1.54, 1.807) is 7.11 Å². The van der Waals surface area contributed by atoms with Crippen LogP contribution in [0.2, 0.25) is 0 Å². The first-order chi connectivity index (χ1) is 12.8. The van der Waals surface area contributed by atoms with Crippen molar-refractivity contribution in [1.82, 2.24) is 0 Å². The van der Waals surface area contributed by atoms with Crippen LogP contribution in [0.1, 0.15) is 45.8 Å². The molecule has 4 nitrogen and oxygen atoms in total. The number of rotatable bonds is 7. The molecule has 2 aromatic rings. The van der Waals surface area contributed by atoms with Crippen molar-refractivity contribution in [3.05, 3.63) is 42.0 Å². The molecular formula is C22H30O4S. The van der Waals surface area contributed by atoms with Gasteiger partial charge in [-0.3, -0.25) is 0 Å². The molecule has 3 rings (SSSR count). The molecule has 27 heavy (non-hydrogen) atoms. The van der Waals surface area contributed by atoms with Crippen LogP contribution in [0.5, 0.6) is 5.75 Å². The highest BCUT2D eigenvalue weighted by molar-refractivity contribution is 7.81. The van der Waals surface area contributed by atoms with Crippen LogP contribution in [0.25, 0.3) is 10.8 Å². The molecule has 1 saturated heterocycles. The quantitative estimate of drug-likeness (QED) is 0.524. The van der Waals surface area contributed by atoms with Gasteiger partial charge in [0.05, 0.1) is 32.0 Å². The predicted octanol–water partition coefficient (Wildman–Crippen LogP) is 5.15. The highest BCUT2D eigenvalue weighted by Crippen LogP contribution is 2.42. The van der Waals surface area contributed by atoms with Gasteiger partial charge < -0.3 is 18.9 Å². The van der Waals surface area contributed by atoms with Crippen molar-refractivity contribution in [3.63, 3.8) is 0 Å². The zero-order valence-corrected chi connectivity index (χ0v) is 17.7. The normalized spacial score (nSPS) is 23.3. The average Bonchev–Trinajstić information content (AvgIpc) is 2.99. The molecule has 0 bridgehead atoms. The van der Waals surface area contributed by atoms with Gasteiger partial charge in [0.25, 0.3) is 0 Å². The highest BCUT2D eigenvalue weighted by Gasteiger charge is 2.40. The molecular weight excluding hydrogens is 360 g/mol. The van der Waals surface area contributed by atoms with E-state index in [1.165, 1.54) is 5.39 Å². The predicted molar refractivity (Wildman–Crippen MR) is 112 cm³/mol. The Labute approximate surface area is 167 Å². The Morgan fingerprint density at radius 3 is 2.44 bits per heavy atom. The summed E-state index contributed by atoms with van der Waals surface area (Å²) in [5, 5.41) is 2.32. The third kappa shape index (κ3) is 5.17. The summed E-state index contributed by atoms with van der Waals surface area (Å²) in [6.45, 7) is 8.44. The average molecular weight is 391 g/mol. The van der Waals surface area contributed by atoms with Gasteiger partial charge in [0.15, 0.2) is 0 Å². The summed E-state index contributed by atoms with van der Waals surface area (Å²) in [5.41, 5.74) is 1.05. The maximum atomic E-state index is 6.38. The van der Waals surface area contributed by atoms with Crippen molar-refractivity contribution in [2.24, 2.45) is 0 Å². The molecule has 0 aromatic heterocycles.